The minimum atomic E-state index is -2.41. The second kappa shape index (κ2) is 27.7. The van der Waals surface area contributed by atoms with Gasteiger partial charge in [0.25, 0.3) is 11.7 Å². The number of piperidine rings is 1. The number of allylic oxidation sites excluding steroid dienone is 6. The summed E-state index contributed by atoms with van der Waals surface area (Å²) in [4.78, 5) is 71.6. The van der Waals surface area contributed by atoms with E-state index in [0.717, 1.165) is 35.7 Å². The third-order valence-corrected chi connectivity index (χ3v) is 15.5. The Bertz CT molecular complexity index is 1780. The summed E-state index contributed by atoms with van der Waals surface area (Å²) in [5, 5.41) is 23.1. The standard InChI is InChI=1S/C53H82INO12/c1-33-16-11-10-12-17-34(2)47(63-8)30-41-21-19-39(7)53(62,67-41)50(59)51(60)55-24-14-13-18-42(55)52(61)66-48(32-45(58)37(5)27-36(4)44(57)31-43(56)35(3)26-33)38(6)28-40-20-22-46(49(29-40)64-9)65-25-15-23-54/h10-12,16-17,27,33,35,37-42,44,46-49,57,62H,13-15,18-26,28-32H2,1-9H3/b12-10+,16-11+,34-17+,36-27+/t33-,35-,37-,38-,39-,40+,41+,42+,44+,46-,47+,48+,49-,53-/m1/s1. The molecule has 0 aromatic heterocycles. The fraction of sp³-hybridized carbons (Fsp3) is 0.755. The Morgan fingerprint density at radius 3 is 2.31 bits per heavy atom. The molecule has 4 rings (SSSR count). The molecule has 67 heavy (non-hydrogen) atoms. The summed E-state index contributed by atoms with van der Waals surface area (Å²) in [6.45, 7) is 13.7. The summed E-state index contributed by atoms with van der Waals surface area (Å²) in [5.41, 5.74) is 1.41. The molecule has 2 saturated heterocycles. The second-order valence-electron chi connectivity index (χ2n) is 20.2. The van der Waals surface area contributed by atoms with Crippen LogP contribution in [0.4, 0.5) is 0 Å². The highest BCUT2D eigenvalue weighted by Gasteiger charge is 2.53. The Morgan fingerprint density at radius 2 is 1.61 bits per heavy atom. The van der Waals surface area contributed by atoms with E-state index in [1.54, 1.807) is 41.1 Å². The summed E-state index contributed by atoms with van der Waals surface area (Å²) in [6.07, 6.45) is 15.6. The van der Waals surface area contributed by atoms with Crippen LogP contribution in [-0.2, 0) is 47.7 Å². The molecule has 3 aliphatic heterocycles. The second-order valence-corrected chi connectivity index (χ2v) is 21.2. The predicted octanol–water partition coefficient (Wildman–Crippen LogP) is 8.41. The molecule has 2 bridgehead atoms. The van der Waals surface area contributed by atoms with Crippen LogP contribution in [0.3, 0.4) is 0 Å². The van der Waals surface area contributed by atoms with Gasteiger partial charge in [0.1, 0.15) is 23.7 Å². The van der Waals surface area contributed by atoms with Crippen molar-refractivity contribution < 1.29 is 57.9 Å². The van der Waals surface area contributed by atoms with Crippen LogP contribution in [0.2, 0.25) is 0 Å². The van der Waals surface area contributed by atoms with Gasteiger partial charge in [0.15, 0.2) is 0 Å². The summed E-state index contributed by atoms with van der Waals surface area (Å²) in [5.74, 6) is -7.12. The van der Waals surface area contributed by atoms with Gasteiger partial charge in [-0.05, 0) is 113 Å². The number of aliphatic hydroxyl groups excluding tert-OH is 1. The zero-order valence-electron chi connectivity index (χ0n) is 41.8. The Balaban J connectivity index is 1.66. The molecule has 14 heteroatoms. The average molecular weight is 1050 g/mol. The maximum atomic E-state index is 14.4. The summed E-state index contributed by atoms with van der Waals surface area (Å²) >= 11 is 2.34. The van der Waals surface area contributed by atoms with Crippen LogP contribution < -0.4 is 0 Å². The number of aliphatic hydroxyl groups is 2. The molecule has 1 amide bonds. The average Bonchev–Trinajstić information content (AvgIpc) is 3.30. The van der Waals surface area contributed by atoms with Crippen molar-refractivity contribution in [3.63, 3.8) is 0 Å². The van der Waals surface area contributed by atoms with Gasteiger partial charge >= 0.3 is 5.97 Å². The number of esters is 1. The highest BCUT2D eigenvalue weighted by molar-refractivity contribution is 14.1. The van der Waals surface area contributed by atoms with E-state index in [0.29, 0.717) is 57.1 Å². The zero-order valence-corrected chi connectivity index (χ0v) is 44.0. The molecule has 0 radical (unpaired) electrons. The van der Waals surface area contributed by atoms with Crippen molar-refractivity contribution in [2.45, 2.75) is 187 Å². The lowest BCUT2D eigenvalue weighted by molar-refractivity contribution is -0.265. The first kappa shape index (κ1) is 57.0. The van der Waals surface area contributed by atoms with E-state index in [4.69, 9.17) is 23.7 Å². The summed E-state index contributed by atoms with van der Waals surface area (Å²) < 4.78 is 31.5. The number of nitrogens with zero attached hydrogens (tertiary/aromatic N) is 1. The molecule has 0 aromatic carbocycles. The first-order valence-corrected chi connectivity index (χ1v) is 26.5. The monoisotopic (exact) mass is 1050 g/mol. The molecule has 2 N–H and O–H groups in total. The van der Waals surface area contributed by atoms with E-state index >= 15 is 0 Å². The third-order valence-electron chi connectivity index (χ3n) is 14.8. The van der Waals surface area contributed by atoms with Gasteiger partial charge in [-0.3, -0.25) is 19.2 Å². The molecular weight excluding hydrogens is 969 g/mol. The quantitative estimate of drug-likeness (QED) is 0.0565. The largest absolute Gasteiger partial charge is 0.460 e. The first-order chi connectivity index (χ1) is 31.8. The molecule has 4 aliphatic rings. The van der Waals surface area contributed by atoms with Gasteiger partial charge in [0.2, 0.25) is 5.79 Å². The normalized spacial score (nSPS) is 38.4. The Hall–Kier alpha value is -2.60. The van der Waals surface area contributed by atoms with E-state index in [1.165, 1.54) is 4.90 Å². The van der Waals surface area contributed by atoms with E-state index in [9.17, 15) is 34.2 Å². The maximum absolute atomic E-state index is 14.4. The fourth-order valence-corrected chi connectivity index (χ4v) is 10.6. The third kappa shape index (κ3) is 16.5. The number of fused-ring (bicyclic) bond motifs is 3. The lowest BCUT2D eigenvalue weighted by atomic mass is 9.78. The van der Waals surface area contributed by atoms with Crippen molar-refractivity contribution in [1.29, 1.82) is 0 Å². The molecule has 1 saturated carbocycles. The van der Waals surface area contributed by atoms with Gasteiger partial charge in [-0.15, -0.1) is 0 Å². The van der Waals surface area contributed by atoms with Crippen LogP contribution in [0.5, 0.6) is 0 Å². The molecule has 0 unspecified atom stereocenters. The minimum Gasteiger partial charge on any atom is -0.460 e. The lowest BCUT2D eigenvalue weighted by Crippen LogP contribution is -2.61. The van der Waals surface area contributed by atoms with Gasteiger partial charge in [-0.25, -0.2) is 4.79 Å². The van der Waals surface area contributed by atoms with Gasteiger partial charge in [0, 0.05) is 68.8 Å². The van der Waals surface area contributed by atoms with Crippen molar-refractivity contribution in [2.75, 3.05) is 31.8 Å². The number of Topliss-reactive ketones (excluding diaryl/α,β-unsaturated/α-hetero) is 3. The van der Waals surface area contributed by atoms with Crippen molar-refractivity contribution in [3.8, 4) is 0 Å². The molecule has 378 valence electrons. The Morgan fingerprint density at radius 1 is 0.866 bits per heavy atom. The van der Waals surface area contributed by atoms with Gasteiger partial charge in [-0.1, -0.05) is 93.7 Å². The number of halogens is 1. The lowest BCUT2D eigenvalue weighted by Gasteiger charge is -2.42. The van der Waals surface area contributed by atoms with E-state index in [1.807, 2.05) is 58.1 Å². The number of amides is 1. The van der Waals surface area contributed by atoms with Crippen LogP contribution in [0.1, 0.15) is 138 Å². The van der Waals surface area contributed by atoms with E-state index in [-0.39, 0.29) is 73.3 Å². The van der Waals surface area contributed by atoms with Crippen LogP contribution in [0, 0.1) is 35.5 Å². The SMILES string of the molecule is CO[C@H]1C[C@@H]2CC[C@@H](C)[C@@](O)(O2)C(=O)C(=O)N2CCCC[C@H]2C(=O)O[C@H]([C@H](C)C[C@@H]2CC[C@@H](OCCCI)[C@H](OC)C2)CC(=O)[C@H](C)/C=C(\C)[C@@H](O)CC(=O)[C@H](C)C[C@H](C)/C=C/C=C/C=C/1C. The number of ether oxygens (including phenoxy) is 5. The van der Waals surface area contributed by atoms with Crippen LogP contribution in [0.15, 0.2) is 47.6 Å². The Kier molecular flexibility index (Phi) is 23.6. The zero-order chi connectivity index (χ0) is 49.4. The highest BCUT2D eigenvalue weighted by Crippen LogP contribution is 2.38. The molecular formula is C53H82INO12. The van der Waals surface area contributed by atoms with E-state index in [2.05, 4.69) is 22.6 Å². The number of rotatable bonds is 9. The molecule has 3 heterocycles. The predicted molar refractivity (Wildman–Crippen MR) is 266 cm³/mol. The van der Waals surface area contributed by atoms with E-state index < -0.39 is 65.7 Å². The van der Waals surface area contributed by atoms with Crippen molar-refractivity contribution in [3.05, 3.63) is 47.6 Å². The van der Waals surface area contributed by atoms with Gasteiger partial charge in [-0.2, -0.15) is 0 Å². The number of alkyl halides is 1. The summed E-state index contributed by atoms with van der Waals surface area (Å²) in [7, 11) is 3.29. The van der Waals surface area contributed by atoms with Crippen molar-refractivity contribution in [1.82, 2.24) is 4.90 Å². The molecule has 14 atom stereocenters. The molecule has 13 nitrogen and oxygen atoms in total. The molecule has 1 aliphatic carbocycles. The number of cyclic esters (lactones) is 1. The first-order valence-electron chi connectivity index (χ1n) is 25.0. The molecule has 3 fully saturated rings. The topological polar surface area (TPSA) is 175 Å². The van der Waals surface area contributed by atoms with Crippen LogP contribution >= 0.6 is 22.6 Å². The smallest absolute Gasteiger partial charge is 0.329 e. The minimum absolute atomic E-state index is 0.00521. The number of carbonyl (C=O) groups excluding carboxylic acids is 5. The number of hydrogen-bond acceptors (Lipinski definition) is 12. The number of hydrogen-bond donors (Lipinski definition) is 2. The number of ketones is 3. The van der Waals surface area contributed by atoms with Crippen LogP contribution in [-0.4, -0.2) is 125 Å². The van der Waals surface area contributed by atoms with Crippen molar-refractivity contribution >= 4 is 51.8 Å². The molecule has 0 spiro atoms. The fourth-order valence-electron chi connectivity index (χ4n) is 10.2. The van der Waals surface area contributed by atoms with Gasteiger partial charge < -0.3 is 38.8 Å². The number of methoxy groups -OCH3 is 2. The summed E-state index contributed by atoms with van der Waals surface area (Å²) in [6, 6.07) is -1.11. The molecule has 0 aromatic rings. The Labute approximate surface area is 414 Å². The van der Waals surface area contributed by atoms with Gasteiger partial charge in [0.05, 0.1) is 30.5 Å². The van der Waals surface area contributed by atoms with Crippen LogP contribution in [0.25, 0.3) is 0 Å². The van der Waals surface area contributed by atoms with Crippen molar-refractivity contribution in [2.24, 2.45) is 35.5 Å². The maximum Gasteiger partial charge on any atom is 0.329 e. The highest BCUT2D eigenvalue weighted by atomic mass is 127. The number of carbonyl (C=O) groups is 5.